The maximum absolute atomic E-state index is 10.9. The molecule has 2 fully saturated rings. The van der Waals surface area contributed by atoms with E-state index in [9.17, 15) is 5.11 Å². The number of rotatable bonds is 3. The Balaban J connectivity index is 1.67. The number of nitrogens with zero attached hydrogens (tertiary/aromatic N) is 4. The van der Waals surface area contributed by atoms with Gasteiger partial charge in [0.25, 0.3) is 0 Å². The highest BCUT2D eigenvalue weighted by Gasteiger charge is 2.51. The predicted octanol–water partition coefficient (Wildman–Crippen LogP) is 1.48. The molecule has 2 aliphatic rings. The summed E-state index contributed by atoms with van der Waals surface area (Å²) in [6, 6.07) is 3.33. The van der Waals surface area contributed by atoms with Crippen LogP contribution in [-0.2, 0) is 18.9 Å². The van der Waals surface area contributed by atoms with Crippen LogP contribution in [0.15, 0.2) is 12.1 Å². The Kier molecular flexibility index (Phi) is 4.22. The Hall–Kier alpha value is -1.36. The number of fused-ring (bicyclic) bond motifs is 1. The fourth-order valence-corrected chi connectivity index (χ4v) is 3.43. The molecule has 0 aromatic carbocycles. The van der Waals surface area contributed by atoms with Gasteiger partial charge in [0.15, 0.2) is 29.1 Å². The van der Waals surface area contributed by atoms with Gasteiger partial charge in [-0.25, -0.2) is 0 Å². The minimum absolute atomic E-state index is 0.256. The van der Waals surface area contributed by atoms with Gasteiger partial charge in [-0.3, -0.25) is 0 Å². The van der Waals surface area contributed by atoms with Crippen LogP contribution in [0.5, 0.6) is 0 Å². The van der Waals surface area contributed by atoms with Crippen LogP contribution in [-0.4, -0.2) is 61.4 Å². The fourth-order valence-electron chi connectivity index (χ4n) is 3.29. The summed E-state index contributed by atoms with van der Waals surface area (Å²) in [6.45, 7) is 7.39. The zero-order valence-electron chi connectivity index (χ0n) is 14.9. The minimum Gasteiger partial charge on any atom is -0.387 e. The van der Waals surface area contributed by atoms with Crippen molar-refractivity contribution in [3.8, 4) is 0 Å². The van der Waals surface area contributed by atoms with Crippen LogP contribution >= 0.6 is 11.6 Å². The quantitative estimate of drug-likeness (QED) is 0.849. The first kappa shape index (κ1) is 18.0. The van der Waals surface area contributed by atoms with Crippen LogP contribution in [0.2, 0.25) is 5.15 Å². The molecule has 26 heavy (non-hydrogen) atoms. The van der Waals surface area contributed by atoms with Gasteiger partial charge in [0, 0.05) is 0 Å². The zero-order chi connectivity index (χ0) is 18.7. The second kappa shape index (κ2) is 6.08. The van der Waals surface area contributed by atoms with Crippen molar-refractivity contribution in [3.63, 3.8) is 0 Å². The summed E-state index contributed by atoms with van der Waals surface area (Å²) in [7, 11) is 0. The normalized spacial score (nSPS) is 31.5. The first-order valence-electron chi connectivity index (χ1n) is 8.39. The van der Waals surface area contributed by atoms with Crippen molar-refractivity contribution in [3.05, 3.63) is 23.1 Å². The summed E-state index contributed by atoms with van der Waals surface area (Å²) >= 11 is 6.00. The molecule has 0 unspecified atom stereocenters. The molecule has 0 spiro atoms. The highest BCUT2D eigenvalue weighted by Crippen LogP contribution is 2.41. The Morgan fingerprint density at radius 3 is 2.62 bits per heavy atom. The molecule has 2 aliphatic heterocycles. The van der Waals surface area contributed by atoms with E-state index in [2.05, 4.69) is 15.3 Å². The number of hydrogen-bond acceptors (Lipinski definition) is 8. The molecular weight excluding hydrogens is 364 g/mol. The van der Waals surface area contributed by atoms with Crippen molar-refractivity contribution in [2.45, 2.75) is 63.7 Å². The van der Waals surface area contributed by atoms with E-state index in [-0.39, 0.29) is 6.61 Å². The van der Waals surface area contributed by atoms with E-state index in [0.29, 0.717) is 16.6 Å². The molecule has 4 atom stereocenters. The van der Waals surface area contributed by atoms with Crippen molar-refractivity contribution in [2.24, 2.45) is 0 Å². The number of ether oxygens (including phenoxy) is 4. The topological polar surface area (TPSA) is 100 Å². The van der Waals surface area contributed by atoms with E-state index in [4.69, 9.17) is 30.5 Å². The summed E-state index contributed by atoms with van der Waals surface area (Å²) in [4.78, 5) is 0. The van der Waals surface area contributed by atoms with Gasteiger partial charge < -0.3 is 24.1 Å². The van der Waals surface area contributed by atoms with Crippen molar-refractivity contribution in [1.82, 2.24) is 19.8 Å². The molecule has 4 rings (SSSR count). The third-order valence-electron chi connectivity index (χ3n) is 4.39. The molecule has 0 amide bonds. The van der Waals surface area contributed by atoms with E-state index in [0.717, 1.165) is 0 Å². The van der Waals surface area contributed by atoms with Gasteiger partial charge in [-0.1, -0.05) is 11.6 Å². The van der Waals surface area contributed by atoms with Crippen LogP contribution in [0.25, 0.3) is 5.65 Å². The van der Waals surface area contributed by atoms with Gasteiger partial charge in [-0.15, -0.1) is 10.2 Å². The molecular formula is C16H21ClN4O5. The molecule has 2 saturated heterocycles. The predicted molar refractivity (Wildman–Crippen MR) is 89.5 cm³/mol. The lowest BCUT2D eigenvalue weighted by Crippen LogP contribution is -2.43. The molecule has 0 saturated carbocycles. The molecule has 0 bridgehead atoms. The smallest absolute Gasteiger partial charge is 0.186 e. The van der Waals surface area contributed by atoms with E-state index in [1.807, 2.05) is 0 Å². The summed E-state index contributed by atoms with van der Waals surface area (Å²) in [6.07, 6.45) is -2.98. The van der Waals surface area contributed by atoms with Gasteiger partial charge in [0.2, 0.25) is 0 Å². The highest BCUT2D eigenvalue weighted by atomic mass is 35.5. The summed E-state index contributed by atoms with van der Waals surface area (Å²) in [5, 5.41) is 23.7. The van der Waals surface area contributed by atoms with Gasteiger partial charge in [0.1, 0.15) is 23.5 Å². The maximum atomic E-state index is 10.9. The zero-order valence-corrected chi connectivity index (χ0v) is 15.7. The third kappa shape index (κ3) is 3.19. The number of aliphatic hydroxyl groups excluding tert-OH is 1. The van der Waals surface area contributed by atoms with E-state index < -0.39 is 36.0 Å². The van der Waals surface area contributed by atoms with Crippen LogP contribution in [0.4, 0.5) is 0 Å². The summed E-state index contributed by atoms with van der Waals surface area (Å²) in [5.41, 5.74) is 0.521. The second-order valence-corrected chi connectivity index (χ2v) is 7.75. The molecule has 4 heterocycles. The van der Waals surface area contributed by atoms with Crippen LogP contribution < -0.4 is 0 Å². The molecule has 142 valence electrons. The molecule has 1 N–H and O–H groups in total. The summed E-state index contributed by atoms with van der Waals surface area (Å²) in [5.74, 6) is -1.28. The van der Waals surface area contributed by atoms with E-state index >= 15 is 0 Å². The molecule has 0 aliphatic carbocycles. The van der Waals surface area contributed by atoms with Gasteiger partial charge in [0.05, 0.1) is 6.61 Å². The molecule has 2 aromatic heterocycles. The molecule has 0 radical (unpaired) electrons. The standard InChI is InChI=1S/C16H21ClN4O5/c1-15(2)23-7-8(24-15)11(22)12-13(26-16(3,4)25-12)14-19-18-10-6-5-9(17)20-21(10)14/h5-6,8,11-13,22H,7H2,1-4H3/t8-,11+,12+,13-/m1/s1. The van der Waals surface area contributed by atoms with Gasteiger partial charge >= 0.3 is 0 Å². The average molecular weight is 385 g/mol. The van der Waals surface area contributed by atoms with Crippen molar-refractivity contribution < 1.29 is 24.1 Å². The molecule has 2 aromatic rings. The second-order valence-electron chi connectivity index (χ2n) is 7.36. The van der Waals surface area contributed by atoms with Crippen molar-refractivity contribution in [1.29, 1.82) is 0 Å². The lowest BCUT2D eigenvalue weighted by molar-refractivity contribution is -0.178. The third-order valence-corrected chi connectivity index (χ3v) is 4.59. The summed E-state index contributed by atoms with van der Waals surface area (Å²) < 4.78 is 24.8. The van der Waals surface area contributed by atoms with Gasteiger partial charge in [-0.2, -0.15) is 9.61 Å². The SMILES string of the molecule is CC1(C)OC[C@H]([C@H](O)[C@@H]2OC(C)(C)O[C@H]2c2nnc3ccc(Cl)nn23)O1. The number of aromatic nitrogens is 4. The first-order chi connectivity index (χ1) is 12.2. The Bertz CT molecular complexity index is 826. The number of halogens is 1. The maximum Gasteiger partial charge on any atom is 0.186 e. The van der Waals surface area contributed by atoms with Crippen LogP contribution in [0.1, 0.15) is 39.6 Å². The van der Waals surface area contributed by atoms with Crippen LogP contribution in [0.3, 0.4) is 0 Å². The average Bonchev–Trinajstić information content (AvgIpc) is 3.21. The number of hydrogen-bond donors (Lipinski definition) is 1. The Labute approximate surface area is 155 Å². The van der Waals surface area contributed by atoms with Crippen molar-refractivity contribution in [2.75, 3.05) is 6.61 Å². The Morgan fingerprint density at radius 2 is 1.92 bits per heavy atom. The lowest BCUT2D eigenvalue weighted by Gasteiger charge is -2.26. The monoisotopic (exact) mass is 384 g/mol. The molecule has 10 heteroatoms. The van der Waals surface area contributed by atoms with Crippen molar-refractivity contribution >= 4 is 17.2 Å². The molecule has 9 nitrogen and oxygen atoms in total. The Morgan fingerprint density at radius 1 is 1.15 bits per heavy atom. The first-order valence-corrected chi connectivity index (χ1v) is 8.76. The number of aliphatic hydroxyl groups is 1. The highest BCUT2D eigenvalue weighted by molar-refractivity contribution is 6.29. The van der Waals surface area contributed by atoms with Gasteiger partial charge in [-0.05, 0) is 39.8 Å². The van der Waals surface area contributed by atoms with Crippen LogP contribution in [0, 0.1) is 0 Å². The van der Waals surface area contributed by atoms with E-state index in [1.165, 1.54) is 4.52 Å². The fraction of sp³-hybridized carbons (Fsp3) is 0.688. The lowest BCUT2D eigenvalue weighted by atomic mass is 10.0. The van der Waals surface area contributed by atoms with E-state index in [1.54, 1.807) is 39.8 Å². The largest absolute Gasteiger partial charge is 0.387 e. The minimum atomic E-state index is -0.991.